The van der Waals surface area contributed by atoms with Crippen LogP contribution in [0, 0.1) is 5.92 Å². The van der Waals surface area contributed by atoms with Crippen LogP contribution in [-0.2, 0) is 4.79 Å². The zero-order valence-electron chi connectivity index (χ0n) is 16.8. The molecule has 2 aliphatic rings. The number of para-hydroxylation sites is 1. The highest BCUT2D eigenvalue weighted by molar-refractivity contribution is 7.07. The Morgan fingerprint density at radius 2 is 1.97 bits per heavy atom. The van der Waals surface area contributed by atoms with Gasteiger partial charge in [0, 0.05) is 5.56 Å². The highest BCUT2D eigenvalue weighted by atomic mass is 32.1. The number of benzene rings is 2. The third-order valence-electron chi connectivity index (χ3n) is 5.73. The summed E-state index contributed by atoms with van der Waals surface area (Å²) in [7, 11) is 1.61. The summed E-state index contributed by atoms with van der Waals surface area (Å²) in [6.45, 7) is 3.36. The van der Waals surface area contributed by atoms with Gasteiger partial charge in [0.15, 0.2) is 4.80 Å². The lowest BCUT2D eigenvalue weighted by atomic mass is 9.79. The van der Waals surface area contributed by atoms with E-state index in [-0.39, 0.29) is 11.3 Å². The number of ketones is 1. The molecule has 0 N–H and O–H groups in total. The van der Waals surface area contributed by atoms with Crippen LogP contribution in [0.15, 0.2) is 58.3 Å². The topological polar surface area (TPSA) is 69.9 Å². The van der Waals surface area contributed by atoms with E-state index >= 15 is 0 Å². The van der Waals surface area contributed by atoms with E-state index < -0.39 is 17.7 Å². The lowest BCUT2D eigenvalue weighted by Gasteiger charge is -2.45. The van der Waals surface area contributed by atoms with Gasteiger partial charge in [-0.25, -0.2) is 4.99 Å². The first-order valence-corrected chi connectivity index (χ1v) is 10.5. The molecule has 1 aromatic heterocycles. The van der Waals surface area contributed by atoms with Gasteiger partial charge in [0.2, 0.25) is 5.72 Å². The third kappa shape index (κ3) is 2.73. The Hall–Kier alpha value is -3.19. The van der Waals surface area contributed by atoms with E-state index in [2.05, 4.69) is 0 Å². The molecule has 2 bridgehead atoms. The number of nitrogens with zero attached hydrogens (tertiary/aromatic N) is 2. The Labute approximate surface area is 176 Å². The molecule has 2 aliphatic heterocycles. The molecule has 0 unspecified atom stereocenters. The molecule has 0 radical (unpaired) electrons. The maximum Gasteiger partial charge on any atom is 0.270 e. The van der Waals surface area contributed by atoms with Gasteiger partial charge in [0.05, 0.1) is 17.7 Å². The van der Waals surface area contributed by atoms with Gasteiger partial charge in [-0.2, -0.15) is 0 Å². The SMILES string of the molecule is COc1ccc(/C=c2/sc3n(c2=O)[C@H]2c4ccccc4O[C@@](C)(N=3)[C@H]2C(C)=O)cc1. The van der Waals surface area contributed by atoms with Gasteiger partial charge in [-0.1, -0.05) is 41.7 Å². The minimum absolute atomic E-state index is 0.0508. The second kappa shape index (κ2) is 6.67. The van der Waals surface area contributed by atoms with Gasteiger partial charge in [-0.05, 0) is 43.7 Å². The standard InChI is InChI=1S/C23H20N2O4S/c1-13(26)19-20-16-6-4-5-7-17(16)29-23(19,2)24-22-25(20)21(27)18(30-22)12-14-8-10-15(28-3)11-9-14/h4-12,19-20H,1-3H3/b18-12+/t19-,20-,23+/m0/s1. The molecule has 3 aromatic rings. The second-order valence-electron chi connectivity index (χ2n) is 7.68. The van der Waals surface area contributed by atoms with Crippen LogP contribution < -0.4 is 24.4 Å². The number of Topliss-reactive ketones (excluding diaryl/α,β-unsaturated/α-hetero) is 1. The maximum atomic E-state index is 13.4. The summed E-state index contributed by atoms with van der Waals surface area (Å²) in [5.74, 6) is 0.797. The molecule has 5 rings (SSSR count). The van der Waals surface area contributed by atoms with Crippen molar-refractivity contribution in [2.75, 3.05) is 7.11 Å². The first-order valence-electron chi connectivity index (χ1n) is 9.67. The molecule has 2 aromatic carbocycles. The predicted octanol–water partition coefficient (Wildman–Crippen LogP) is 2.28. The van der Waals surface area contributed by atoms with Gasteiger partial charge in [-0.15, -0.1) is 0 Å². The van der Waals surface area contributed by atoms with Crippen LogP contribution in [0.5, 0.6) is 11.5 Å². The number of hydrogen-bond donors (Lipinski definition) is 0. The summed E-state index contributed by atoms with van der Waals surface area (Å²) in [5.41, 5.74) is 0.535. The highest BCUT2D eigenvalue weighted by Crippen LogP contribution is 2.47. The summed E-state index contributed by atoms with van der Waals surface area (Å²) in [4.78, 5) is 31.4. The van der Waals surface area contributed by atoms with Gasteiger partial charge in [-0.3, -0.25) is 14.2 Å². The molecular weight excluding hydrogens is 400 g/mol. The van der Waals surface area contributed by atoms with Crippen molar-refractivity contribution in [3.63, 3.8) is 0 Å². The van der Waals surface area contributed by atoms with Crippen molar-refractivity contribution in [3.05, 3.63) is 79.3 Å². The van der Waals surface area contributed by atoms with Crippen LogP contribution in [0.1, 0.15) is 31.0 Å². The van der Waals surface area contributed by atoms with Crippen molar-refractivity contribution in [1.29, 1.82) is 0 Å². The van der Waals surface area contributed by atoms with Crippen LogP contribution in [0.4, 0.5) is 0 Å². The summed E-state index contributed by atoms with van der Waals surface area (Å²) in [5, 5.41) is 0. The van der Waals surface area contributed by atoms with E-state index in [9.17, 15) is 9.59 Å². The van der Waals surface area contributed by atoms with Crippen LogP contribution in [0.3, 0.4) is 0 Å². The van der Waals surface area contributed by atoms with Crippen molar-refractivity contribution in [2.24, 2.45) is 10.9 Å². The van der Waals surface area contributed by atoms with Crippen LogP contribution in [0.2, 0.25) is 0 Å². The lowest BCUT2D eigenvalue weighted by molar-refractivity contribution is -0.132. The fourth-order valence-corrected chi connectivity index (χ4v) is 5.51. The average molecular weight is 420 g/mol. The quantitative estimate of drug-likeness (QED) is 0.652. The van der Waals surface area contributed by atoms with Crippen LogP contribution in [-0.4, -0.2) is 23.2 Å². The van der Waals surface area contributed by atoms with Gasteiger partial charge >= 0.3 is 0 Å². The van der Waals surface area contributed by atoms with E-state index in [1.165, 1.54) is 18.3 Å². The van der Waals surface area contributed by atoms with E-state index in [0.717, 1.165) is 16.9 Å². The first kappa shape index (κ1) is 18.8. The number of thiazole rings is 1. The Kier molecular flexibility index (Phi) is 4.18. The summed E-state index contributed by atoms with van der Waals surface area (Å²) in [6, 6.07) is 14.6. The number of fused-ring (bicyclic) bond motifs is 6. The van der Waals surface area contributed by atoms with E-state index in [1.807, 2.05) is 61.5 Å². The van der Waals surface area contributed by atoms with Crippen molar-refractivity contribution < 1.29 is 14.3 Å². The molecular formula is C23H20N2O4S. The molecule has 0 aliphatic carbocycles. The Morgan fingerprint density at radius 3 is 2.67 bits per heavy atom. The minimum Gasteiger partial charge on any atom is -0.497 e. The molecule has 0 saturated carbocycles. The number of hydrogen-bond acceptors (Lipinski definition) is 6. The van der Waals surface area contributed by atoms with E-state index in [0.29, 0.717) is 15.1 Å². The van der Waals surface area contributed by atoms with Crippen molar-refractivity contribution in [2.45, 2.75) is 25.6 Å². The molecule has 30 heavy (non-hydrogen) atoms. The van der Waals surface area contributed by atoms with Gasteiger partial charge < -0.3 is 9.47 Å². The summed E-state index contributed by atoms with van der Waals surface area (Å²) >= 11 is 1.32. The van der Waals surface area contributed by atoms with Crippen molar-refractivity contribution in [3.8, 4) is 11.5 Å². The number of aromatic nitrogens is 1. The molecule has 3 atom stereocenters. The Balaban J connectivity index is 1.76. The number of carbonyl (C=O) groups is 1. The Bertz CT molecular complexity index is 1340. The number of carbonyl (C=O) groups excluding carboxylic acids is 1. The third-order valence-corrected chi connectivity index (χ3v) is 6.71. The molecule has 152 valence electrons. The summed E-state index contributed by atoms with van der Waals surface area (Å²) < 4.78 is 13.6. The van der Waals surface area contributed by atoms with E-state index in [1.54, 1.807) is 11.7 Å². The van der Waals surface area contributed by atoms with Crippen molar-refractivity contribution >= 4 is 23.2 Å². The monoisotopic (exact) mass is 420 g/mol. The highest BCUT2D eigenvalue weighted by Gasteiger charge is 2.53. The lowest BCUT2D eigenvalue weighted by Crippen LogP contribution is -2.58. The minimum atomic E-state index is -1.04. The largest absolute Gasteiger partial charge is 0.497 e. The fourth-order valence-electron chi connectivity index (χ4n) is 4.41. The number of ether oxygens (including phenoxy) is 2. The molecule has 6 nitrogen and oxygen atoms in total. The van der Waals surface area contributed by atoms with Crippen LogP contribution >= 0.6 is 11.3 Å². The van der Waals surface area contributed by atoms with Gasteiger partial charge in [0.25, 0.3) is 5.56 Å². The second-order valence-corrected chi connectivity index (χ2v) is 8.69. The Morgan fingerprint density at radius 1 is 1.23 bits per heavy atom. The van der Waals surface area contributed by atoms with E-state index in [4.69, 9.17) is 14.5 Å². The molecule has 0 saturated heterocycles. The number of rotatable bonds is 3. The zero-order valence-corrected chi connectivity index (χ0v) is 17.6. The normalized spacial score (nSPS) is 24.3. The smallest absolute Gasteiger partial charge is 0.270 e. The molecule has 7 heteroatoms. The van der Waals surface area contributed by atoms with Crippen LogP contribution in [0.25, 0.3) is 6.08 Å². The average Bonchev–Trinajstić information content (AvgIpc) is 3.01. The zero-order chi connectivity index (χ0) is 21.0. The molecule has 0 fully saturated rings. The molecule has 0 amide bonds. The van der Waals surface area contributed by atoms with Gasteiger partial charge in [0.1, 0.15) is 23.2 Å². The maximum absolute atomic E-state index is 13.4. The molecule has 0 spiro atoms. The predicted molar refractivity (Wildman–Crippen MR) is 114 cm³/mol. The fraction of sp³-hybridized carbons (Fsp3) is 0.261. The first-order chi connectivity index (χ1) is 14.4. The number of methoxy groups -OCH3 is 1. The summed E-state index contributed by atoms with van der Waals surface area (Å²) in [6.07, 6.45) is 1.84. The van der Waals surface area contributed by atoms with Crippen molar-refractivity contribution in [1.82, 2.24) is 4.57 Å². The molecule has 3 heterocycles.